The zero-order chi connectivity index (χ0) is 93.3. The number of hydrogen-bond donors (Lipinski definition) is 6. The van der Waals surface area contributed by atoms with Crippen LogP contribution in [0.1, 0.15) is 181 Å². The fourth-order valence-corrected chi connectivity index (χ4v) is 18.3. The average molecular weight is 1840 g/mol. The third-order valence-corrected chi connectivity index (χ3v) is 25.8. The fourth-order valence-electron chi connectivity index (χ4n) is 16.2. The number of carbonyl (C=O) groups is 14. The van der Waals surface area contributed by atoms with Crippen LogP contribution in [0.25, 0.3) is 0 Å². The topological polar surface area (TPSA) is 416 Å². The van der Waals surface area contributed by atoms with Crippen LogP contribution in [0.4, 0.5) is 32.3 Å². The first-order valence-corrected chi connectivity index (χ1v) is 46.9. The van der Waals surface area contributed by atoms with E-state index in [2.05, 4.69) is 45.1 Å². The summed E-state index contributed by atoms with van der Waals surface area (Å²) in [5.74, 6) is -7.46. The van der Waals surface area contributed by atoms with E-state index in [1.165, 1.54) is 75.6 Å². The highest BCUT2D eigenvalue weighted by Crippen LogP contribution is 2.44. The Morgan fingerprint density at radius 1 is 0.492 bits per heavy atom. The van der Waals surface area contributed by atoms with Gasteiger partial charge in [0.25, 0.3) is 11.8 Å². The summed E-state index contributed by atoms with van der Waals surface area (Å²) in [5.41, 5.74) is 4.02. The first-order chi connectivity index (χ1) is 62.6. The summed E-state index contributed by atoms with van der Waals surface area (Å²) in [5, 5.41) is 17.3. The molecule has 0 aliphatic carbocycles. The molecular formula is C94H124N10O24S2. The van der Waals surface area contributed by atoms with Crippen LogP contribution in [0, 0.1) is 11.8 Å². The van der Waals surface area contributed by atoms with Crippen LogP contribution in [0.2, 0.25) is 0 Å². The van der Waals surface area contributed by atoms with Crippen LogP contribution in [0.5, 0.6) is 23.0 Å². The molecule has 0 saturated carbocycles. The Kier molecular flexibility index (Phi) is 39.7. The van der Waals surface area contributed by atoms with E-state index in [1.807, 2.05) is 6.92 Å². The van der Waals surface area contributed by atoms with Crippen molar-refractivity contribution in [2.45, 2.75) is 205 Å². The molecule has 34 nitrogen and oxygen atoms in total. The molecule has 4 aromatic carbocycles. The fraction of sp³-hybridized carbons (Fsp3) is 0.553. The van der Waals surface area contributed by atoms with Crippen molar-refractivity contribution in [2.75, 3.05) is 138 Å². The second kappa shape index (κ2) is 51.0. The van der Waals surface area contributed by atoms with Gasteiger partial charge in [-0.2, -0.15) is 23.5 Å². The van der Waals surface area contributed by atoms with Crippen molar-refractivity contribution in [1.29, 1.82) is 0 Å². The van der Waals surface area contributed by atoms with Crippen LogP contribution < -0.4 is 60.6 Å². The van der Waals surface area contributed by atoms with Gasteiger partial charge in [-0.05, 0) is 112 Å². The Morgan fingerprint density at radius 2 is 0.946 bits per heavy atom. The van der Waals surface area contributed by atoms with Gasteiger partial charge >= 0.3 is 12.2 Å². The maximum Gasteiger partial charge on any atom is 0.414 e. The molecule has 0 aromatic heterocycles. The molecule has 3 saturated heterocycles. The molecule has 4 aromatic rings. The Labute approximate surface area is 767 Å². The first kappa shape index (κ1) is 101. The summed E-state index contributed by atoms with van der Waals surface area (Å²) in [6, 6.07) is 11.6. The average Bonchev–Trinajstić information content (AvgIpc) is 1.62. The normalized spacial score (nSPS) is 22.7. The molecule has 706 valence electrons. The number of amides is 10. The van der Waals surface area contributed by atoms with Gasteiger partial charge in [-0.25, -0.2) is 9.59 Å². The molecule has 36 heteroatoms. The van der Waals surface area contributed by atoms with Crippen molar-refractivity contribution in [2.24, 2.45) is 11.8 Å². The highest BCUT2D eigenvalue weighted by Gasteiger charge is 2.47. The third-order valence-electron chi connectivity index (χ3n) is 23.5. The predicted octanol–water partition coefficient (Wildman–Crippen LogP) is 10.6. The Morgan fingerprint density at radius 3 is 1.45 bits per heavy atom. The molecule has 0 spiro atoms. The minimum atomic E-state index is -1.77. The SMILES string of the molecule is C=C1C[C@H]2CN3C(=O)OCc4ccc(cc4)NC(=O)[C@H](CCCCCC(=O)COCCOC)NC(=O)[C@H](C)CC(=O)[C@H]4NC(=O)CCSCSCCC(=O)N[C@@H]4C(=O)C[C@@H](C)C(=O)N[C@@H](CCCCCCC(=O)COCCOC)C(=O)Nc4ccc(cc4)COC(=O)N4c5cc(c(OC)cc5C(=O)N5CC(=C)C[C@H]5C4C)OCCCCCOc4cc3c(cc4OC)C(=O)N2C1. The van der Waals surface area contributed by atoms with Crippen molar-refractivity contribution < 1.29 is 114 Å². The molecule has 3 fully saturated rings. The van der Waals surface area contributed by atoms with Crippen molar-refractivity contribution in [3.05, 3.63) is 119 Å². The Bertz CT molecular complexity index is 4690. The molecule has 0 radical (unpaired) electrons. The molecular weight excluding hydrogens is 1720 g/mol. The molecule has 130 heavy (non-hydrogen) atoms. The molecule has 10 amide bonds. The number of Topliss-reactive ketones (excluding diaryl/α,β-unsaturated/α-hetero) is 4. The number of benzene rings is 4. The van der Waals surface area contributed by atoms with E-state index in [-0.39, 0.29) is 186 Å². The molecule has 1 unspecified atom stereocenters. The number of unbranched alkanes of at least 4 members (excludes halogenated alkanes) is 5. The predicted molar refractivity (Wildman–Crippen MR) is 488 cm³/mol. The molecule has 8 bridgehead atoms. The number of anilines is 4. The number of methoxy groups -OCH3 is 4. The van der Waals surface area contributed by atoms with Gasteiger partial charge in [0.15, 0.2) is 46.1 Å². The molecule has 6 N–H and O–H groups in total. The van der Waals surface area contributed by atoms with Crippen molar-refractivity contribution >= 4 is 129 Å². The quantitative estimate of drug-likeness (QED) is 0.0265. The Hall–Kier alpha value is -10.9. The number of hydrogen-bond acceptors (Lipinski definition) is 26. The lowest BCUT2D eigenvalue weighted by molar-refractivity contribution is -0.137. The summed E-state index contributed by atoms with van der Waals surface area (Å²) in [6.07, 6.45) is 3.41. The lowest BCUT2D eigenvalue weighted by Gasteiger charge is -2.33. The van der Waals surface area contributed by atoms with Gasteiger partial charge in [0.1, 0.15) is 50.6 Å². The van der Waals surface area contributed by atoms with Gasteiger partial charge in [0.05, 0.1) is 101 Å². The number of thioether (sulfide) groups is 2. The molecule has 9 atom stereocenters. The second-order valence-corrected chi connectivity index (χ2v) is 36.1. The van der Waals surface area contributed by atoms with Gasteiger partial charge in [0, 0.05) is 118 Å². The number of ether oxygens (including phenoxy) is 10. The smallest absolute Gasteiger partial charge is 0.414 e. The minimum absolute atomic E-state index is 0.0501. The number of rotatable bonds is 25. The lowest BCUT2D eigenvalue weighted by atomic mass is 9.89. The number of nitrogens with one attached hydrogen (secondary N) is 6. The van der Waals surface area contributed by atoms with Gasteiger partial charge < -0.3 is 89.1 Å². The maximum absolute atomic E-state index is 15.1. The van der Waals surface area contributed by atoms with E-state index in [0.29, 0.717) is 124 Å². The first-order valence-electron chi connectivity index (χ1n) is 44.6. The van der Waals surface area contributed by atoms with Crippen molar-refractivity contribution in [1.82, 2.24) is 31.1 Å². The molecule has 13 rings (SSSR count). The van der Waals surface area contributed by atoms with Gasteiger partial charge in [0.2, 0.25) is 35.4 Å². The minimum Gasteiger partial charge on any atom is -0.493 e. The highest BCUT2D eigenvalue weighted by atomic mass is 32.2. The summed E-state index contributed by atoms with van der Waals surface area (Å²) >= 11 is 2.87. The standard InChI is InChI=1S/C94H124N10O24S2/c1-58-42-67-52-103-75-48-81(79(121-8)46-70(75)91(115)101(67)50-58)125-34-18-13-19-35-126-82-49-76-71(47-80(82)122-9)92(116)102-51-59(2)43-74(102)62(5)104(76)94(118)128-54-64-26-30-66(31-27-64)95-89(113)72(22-16-11-10-14-20-68(105)55-123-38-36-119-6)97-87(111)60(3)44-77(107)85-86(100-84(110)33-41-130-57-129-40-32-83(109)99-85)78(108)45-61(4)88(112)98-73(23-17-12-15-21-69(106)56-124-39-37-120-7)90(114)96-65-28-24-63(25-29-65)53-127-93(103)117/h24-31,46-49,60-62,67,72-74,85-86H,1-2,10-23,32-45,50-57H2,3-9H3,(H,95,113)(H,96,114)(H,97,111)(H,98,112)(H,99,109)(H,100,110)/t60-,61-,62?,67+,72+,73+,74+,85-,86-/m1/s1. The molecule has 9 heterocycles. The van der Waals surface area contributed by atoms with E-state index in [1.54, 1.807) is 82.6 Å². The molecule has 9 aliphatic heterocycles. The number of nitrogens with zero attached hydrogens (tertiary/aromatic N) is 4. The number of fused-ring (bicyclic) bond motifs is 2. The number of carbonyl (C=O) groups excluding carboxylic acids is 14. The van der Waals surface area contributed by atoms with E-state index in [9.17, 15) is 57.5 Å². The third kappa shape index (κ3) is 29.3. The van der Waals surface area contributed by atoms with Crippen molar-refractivity contribution in [3.8, 4) is 23.0 Å². The summed E-state index contributed by atoms with van der Waals surface area (Å²) in [7, 11) is 5.95. The zero-order valence-corrected chi connectivity index (χ0v) is 77.0. The van der Waals surface area contributed by atoms with Gasteiger partial charge in [-0.3, -0.25) is 67.3 Å². The van der Waals surface area contributed by atoms with Gasteiger partial charge in [-0.15, -0.1) is 0 Å². The molecule has 9 aliphatic rings. The lowest BCUT2D eigenvalue weighted by Crippen LogP contribution is -2.60. The van der Waals surface area contributed by atoms with Crippen LogP contribution in [0.15, 0.2) is 97.1 Å². The second-order valence-electron chi connectivity index (χ2n) is 33.5. The monoisotopic (exact) mass is 1840 g/mol. The van der Waals surface area contributed by atoms with Crippen LogP contribution in [-0.4, -0.2) is 252 Å². The van der Waals surface area contributed by atoms with Gasteiger partial charge in [-0.1, -0.05) is 94.5 Å². The summed E-state index contributed by atoms with van der Waals surface area (Å²) in [6.45, 7) is 14.5. The van der Waals surface area contributed by atoms with E-state index < -0.39 is 126 Å². The van der Waals surface area contributed by atoms with E-state index >= 15 is 9.59 Å². The summed E-state index contributed by atoms with van der Waals surface area (Å²) in [4.78, 5) is 207. The van der Waals surface area contributed by atoms with Crippen molar-refractivity contribution in [3.63, 3.8) is 0 Å². The number of ketones is 4. The van der Waals surface area contributed by atoms with Crippen LogP contribution in [-0.2, 0) is 89.6 Å². The summed E-state index contributed by atoms with van der Waals surface area (Å²) < 4.78 is 57.4. The van der Waals surface area contributed by atoms with E-state index in [4.69, 9.17) is 47.4 Å². The van der Waals surface area contributed by atoms with Crippen LogP contribution in [0.3, 0.4) is 0 Å². The van der Waals surface area contributed by atoms with Crippen LogP contribution >= 0.6 is 23.5 Å². The largest absolute Gasteiger partial charge is 0.493 e. The maximum atomic E-state index is 15.1. The Balaban J connectivity index is 0.935. The highest BCUT2D eigenvalue weighted by molar-refractivity contribution is 8.16. The van der Waals surface area contributed by atoms with E-state index in [0.717, 1.165) is 11.1 Å². The zero-order valence-electron chi connectivity index (χ0n) is 75.4.